The van der Waals surface area contributed by atoms with Crippen LogP contribution in [0, 0.1) is 5.92 Å². The number of nitrogens with zero attached hydrogens (tertiary/aromatic N) is 4. The van der Waals surface area contributed by atoms with Gasteiger partial charge in [0.25, 0.3) is 11.8 Å². The number of carbonyl (C=O) groups excluding carboxylic acids is 2. The second-order valence-corrected chi connectivity index (χ2v) is 9.72. The number of nitrogens with one attached hydrogen (secondary N) is 3. The number of carbonyl (C=O) groups is 2. The molecule has 2 heterocycles. The Morgan fingerprint density at radius 3 is 2.68 bits per heavy atom. The highest BCUT2D eigenvalue weighted by Gasteiger charge is 2.30. The van der Waals surface area contributed by atoms with Gasteiger partial charge in [0.05, 0.1) is 36.7 Å². The van der Waals surface area contributed by atoms with E-state index in [1.165, 1.54) is 7.11 Å². The van der Waals surface area contributed by atoms with E-state index in [4.69, 9.17) is 15.0 Å². The summed E-state index contributed by atoms with van der Waals surface area (Å²) in [7, 11) is 7.02. The van der Waals surface area contributed by atoms with Gasteiger partial charge in [-0.1, -0.05) is 11.2 Å². The summed E-state index contributed by atoms with van der Waals surface area (Å²) in [5.74, 6) is 0.220. The zero-order valence-corrected chi connectivity index (χ0v) is 21.0. The SMILES string of the molecule is BC(B)(B)NC(=O)c1nnc(NC(=O)C2CC2)cc1Nc1cccc(-c2nc([C@H](N)CO)no2)c1OC. The van der Waals surface area contributed by atoms with Crippen LogP contribution >= 0.6 is 0 Å². The number of methoxy groups -OCH3 is 1. The molecule has 1 atom stereocenters. The molecule has 0 saturated heterocycles. The van der Waals surface area contributed by atoms with Gasteiger partial charge in [-0.2, -0.15) is 4.98 Å². The normalized spacial score (nSPS) is 14.0. The van der Waals surface area contributed by atoms with Gasteiger partial charge in [0, 0.05) is 12.0 Å². The van der Waals surface area contributed by atoms with Gasteiger partial charge in [-0.25, -0.2) is 0 Å². The van der Waals surface area contributed by atoms with E-state index in [0.717, 1.165) is 12.8 Å². The highest BCUT2D eigenvalue weighted by molar-refractivity contribution is 6.60. The van der Waals surface area contributed by atoms with Crippen molar-refractivity contribution in [2.24, 2.45) is 11.7 Å². The molecule has 0 unspecified atom stereocenters. The molecule has 13 nitrogen and oxygen atoms in total. The molecule has 6 N–H and O–H groups in total. The van der Waals surface area contributed by atoms with Gasteiger partial charge in [0.1, 0.15) is 23.5 Å². The molecule has 0 aliphatic heterocycles. The quantitative estimate of drug-likeness (QED) is 0.190. The predicted octanol–water partition coefficient (Wildman–Crippen LogP) is -2.14. The van der Waals surface area contributed by atoms with Crippen LogP contribution in [0.5, 0.6) is 5.75 Å². The maximum absolute atomic E-state index is 13.0. The van der Waals surface area contributed by atoms with Crippen LogP contribution in [0.15, 0.2) is 28.8 Å². The van der Waals surface area contributed by atoms with Gasteiger partial charge in [-0.15, -0.1) is 10.2 Å². The molecule has 16 heteroatoms. The lowest BCUT2D eigenvalue weighted by atomic mass is 9.49. The Balaban J connectivity index is 1.71. The molecule has 1 aliphatic rings. The van der Waals surface area contributed by atoms with E-state index in [2.05, 4.69) is 36.3 Å². The van der Waals surface area contributed by atoms with Crippen LogP contribution < -0.4 is 26.4 Å². The van der Waals surface area contributed by atoms with E-state index in [-0.39, 0.29) is 41.7 Å². The Kier molecular flexibility index (Phi) is 7.50. The Morgan fingerprint density at radius 1 is 1.27 bits per heavy atom. The molecule has 37 heavy (non-hydrogen) atoms. The smallest absolute Gasteiger partial charge is 0.272 e. The summed E-state index contributed by atoms with van der Waals surface area (Å²) in [5.41, 5.74) is 7.04. The number of aliphatic hydroxyl groups excluding tert-OH is 1. The highest BCUT2D eigenvalue weighted by Crippen LogP contribution is 2.38. The monoisotopic (exact) mass is 504 g/mol. The molecule has 3 aromatic rings. The largest absolute Gasteiger partial charge is 0.494 e. The third kappa shape index (κ3) is 6.27. The van der Waals surface area contributed by atoms with Gasteiger partial charge >= 0.3 is 0 Å². The number of hydrogen-bond donors (Lipinski definition) is 5. The fraction of sp³-hybridized carbons (Fsp3) is 0.333. The third-order valence-electron chi connectivity index (χ3n) is 5.39. The third-order valence-corrected chi connectivity index (χ3v) is 5.39. The molecule has 1 fully saturated rings. The Morgan fingerprint density at radius 2 is 2.03 bits per heavy atom. The number of aromatic nitrogens is 4. The molecule has 2 amide bonds. The van der Waals surface area contributed by atoms with Crippen LogP contribution in [-0.2, 0) is 4.79 Å². The summed E-state index contributed by atoms with van der Waals surface area (Å²) in [4.78, 5) is 29.6. The molecule has 190 valence electrons. The van der Waals surface area contributed by atoms with Crippen molar-refractivity contribution < 1.29 is 24.0 Å². The summed E-state index contributed by atoms with van der Waals surface area (Å²) in [5, 5.41) is 29.5. The zero-order valence-electron chi connectivity index (χ0n) is 21.0. The van der Waals surface area contributed by atoms with E-state index in [1.54, 1.807) is 24.3 Å². The maximum atomic E-state index is 13.0. The molecule has 0 radical (unpaired) electrons. The van der Waals surface area contributed by atoms with Gasteiger partial charge in [0.15, 0.2) is 23.1 Å². The summed E-state index contributed by atoms with van der Waals surface area (Å²) >= 11 is 0. The number of anilines is 3. The molecular formula is C21H27B3N8O5. The number of aliphatic hydroxyl groups is 1. The van der Waals surface area contributed by atoms with Crippen molar-refractivity contribution in [3.63, 3.8) is 0 Å². The van der Waals surface area contributed by atoms with E-state index in [0.29, 0.717) is 22.7 Å². The maximum Gasteiger partial charge on any atom is 0.272 e. The van der Waals surface area contributed by atoms with Crippen LogP contribution in [-0.4, -0.2) is 79.8 Å². The Hall–Kier alpha value is -3.91. The first-order chi connectivity index (χ1) is 17.6. The minimum Gasteiger partial charge on any atom is -0.494 e. The van der Waals surface area contributed by atoms with Gasteiger partial charge in [0.2, 0.25) is 5.91 Å². The molecule has 0 bridgehead atoms. The fourth-order valence-corrected chi connectivity index (χ4v) is 3.43. The topological polar surface area (TPSA) is 190 Å². The second-order valence-electron chi connectivity index (χ2n) is 9.72. The zero-order chi connectivity index (χ0) is 26.7. The lowest BCUT2D eigenvalue weighted by Crippen LogP contribution is -2.50. The minimum absolute atomic E-state index is 0.0285. The highest BCUT2D eigenvalue weighted by atomic mass is 16.5. The summed E-state index contributed by atoms with van der Waals surface area (Å²) < 4.78 is 11.0. The molecule has 2 aromatic heterocycles. The predicted molar refractivity (Wildman–Crippen MR) is 143 cm³/mol. The van der Waals surface area contributed by atoms with Gasteiger partial charge < -0.3 is 36.1 Å². The van der Waals surface area contributed by atoms with Crippen molar-refractivity contribution in [3.05, 3.63) is 35.8 Å². The first kappa shape index (κ1) is 26.2. The summed E-state index contributed by atoms with van der Waals surface area (Å²) in [6.45, 7) is -0.341. The van der Waals surface area contributed by atoms with Gasteiger partial charge in [-0.05, 0) is 30.2 Å². The molecule has 1 aliphatic carbocycles. The number of ether oxygens (including phenoxy) is 1. The van der Waals surface area contributed by atoms with E-state index in [1.807, 2.05) is 23.5 Å². The number of hydrogen-bond acceptors (Lipinski definition) is 11. The van der Waals surface area contributed by atoms with Crippen molar-refractivity contribution >= 4 is 52.5 Å². The van der Waals surface area contributed by atoms with Crippen molar-refractivity contribution in [1.29, 1.82) is 0 Å². The van der Waals surface area contributed by atoms with E-state index < -0.39 is 17.2 Å². The second kappa shape index (κ2) is 10.6. The molecule has 1 aromatic carbocycles. The Bertz CT molecular complexity index is 1310. The number of benzene rings is 1. The van der Waals surface area contributed by atoms with Crippen LogP contribution in [0.2, 0.25) is 0 Å². The Labute approximate surface area is 215 Å². The number of rotatable bonds is 10. The number of nitrogens with two attached hydrogens (primary N) is 1. The molecule has 1 saturated carbocycles. The first-order valence-corrected chi connectivity index (χ1v) is 11.7. The van der Waals surface area contributed by atoms with Crippen LogP contribution in [0.1, 0.15) is 35.2 Å². The summed E-state index contributed by atoms with van der Waals surface area (Å²) in [6, 6.07) is 5.93. The van der Waals surface area contributed by atoms with Gasteiger partial charge in [-0.3, -0.25) is 9.59 Å². The van der Waals surface area contributed by atoms with Crippen LogP contribution in [0.4, 0.5) is 17.2 Å². The van der Waals surface area contributed by atoms with Crippen molar-refractivity contribution in [2.45, 2.75) is 24.1 Å². The minimum atomic E-state index is -0.791. The van der Waals surface area contributed by atoms with Crippen LogP contribution in [0.3, 0.4) is 0 Å². The molecular weight excluding hydrogens is 477 g/mol. The van der Waals surface area contributed by atoms with Crippen molar-refractivity contribution in [1.82, 2.24) is 25.7 Å². The number of para-hydroxylation sites is 1. The van der Waals surface area contributed by atoms with Crippen molar-refractivity contribution in [2.75, 3.05) is 24.4 Å². The fourth-order valence-electron chi connectivity index (χ4n) is 3.43. The van der Waals surface area contributed by atoms with Crippen LogP contribution in [0.25, 0.3) is 11.5 Å². The first-order valence-electron chi connectivity index (χ1n) is 11.7. The average Bonchev–Trinajstić information content (AvgIpc) is 3.59. The lowest BCUT2D eigenvalue weighted by molar-refractivity contribution is -0.117. The standard InChI is InChI=1S/C21H27B3N8O5/c1-36-16-10(20-28-17(32-37-20)11(25)8-33)3-2-4-12(16)26-13-7-14(27-18(34)9-5-6-9)30-31-15(13)19(35)29-21(22,23)24/h2-4,7,9,11,33H,5-6,8,22-25H2,1H3,(H,29,35)(H2,26,27,30,34)/t11-/m1/s1. The average molecular weight is 504 g/mol. The molecule has 0 spiro atoms. The van der Waals surface area contributed by atoms with E-state index >= 15 is 0 Å². The van der Waals surface area contributed by atoms with E-state index in [9.17, 15) is 14.7 Å². The lowest BCUT2D eigenvalue weighted by Gasteiger charge is -2.21. The van der Waals surface area contributed by atoms with Crippen molar-refractivity contribution in [3.8, 4) is 17.2 Å². The number of amides is 2. The molecule has 4 rings (SSSR count). The summed E-state index contributed by atoms with van der Waals surface area (Å²) in [6.07, 6.45) is 1.67.